The quantitative estimate of drug-likeness (QED) is 0.449. The van der Waals surface area contributed by atoms with Crippen LogP contribution < -0.4 is 0 Å². The summed E-state index contributed by atoms with van der Waals surface area (Å²) in [6, 6.07) is 10.0. The largest absolute Gasteiger partial charge is 0.214 e. The summed E-state index contributed by atoms with van der Waals surface area (Å²) in [5.41, 5.74) is 0. The molecule has 10 heavy (non-hydrogen) atoms. The van der Waals surface area contributed by atoms with Crippen molar-refractivity contribution in [3.05, 3.63) is 30.3 Å². The molecule has 0 saturated carbocycles. The average Bonchev–Trinajstić information content (AvgIpc) is 2.43. The van der Waals surface area contributed by atoms with E-state index in [1.165, 1.54) is 12.8 Å². The minimum atomic E-state index is 0. The molecular formula is C9H15Ti-. The maximum absolute atomic E-state index is 2.18. The van der Waals surface area contributed by atoms with Crippen LogP contribution in [-0.2, 0) is 21.7 Å². The maximum atomic E-state index is 2.18. The normalized spacial score (nSPS) is 7.00. The summed E-state index contributed by atoms with van der Waals surface area (Å²) in [6.45, 7) is 4.36. The van der Waals surface area contributed by atoms with E-state index < -0.39 is 0 Å². The van der Waals surface area contributed by atoms with Gasteiger partial charge in [0.25, 0.3) is 0 Å². The van der Waals surface area contributed by atoms with E-state index in [2.05, 4.69) is 13.8 Å². The van der Waals surface area contributed by atoms with E-state index in [1.54, 1.807) is 0 Å². The monoisotopic (exact) mass is 171 g/mol. The molecule has 0 aliphatic carbocycles. The van der Waals surface area contributed by atoms with Gasteiger partial charge in [-0.15, -0.1) is 0 Å². The molecule has 1 aromatic rings. The fourth-order valence-corrected chi connectivity index (χ4v) is 0.321. The molecule has 1 rings (SSSR count). The van der Waals surface area contributed by atoms with E-state index in [1.807, 2.05) is 30.3 Å². The first-order valence-corrected chi connectivity index (χ1v) is 3.58. The molecule has 0 nitrogen and oxygen atoms in total. The molecule has 0 aromatic heterocycles. The van der Waals surface area contributed by atoms with Gasteiger partial charge >= 0.3 is 0 Å². The van der Waals surface area contributed by atoms with Crippen molar-refractivity contribution in [2.45, 2.75) is 26.7 Å². The fourth-order valence-electron chi connectivity index (χ4n) is 0.321. The number of hydrogen-bond donors (Lipinski definition) is 0. The van der Waals surface area contributed by atoms with Gasteiger partial charge in [0.15, 0.2) is 0 Å². The van der Waals surface area contributed by atoms with Gasteiger partial charge in [-0.2, -0.15) is 18.2 Å². The summed E-state index contributed by atoms with van der Waals surface area (Å²) >= 11 is 0. The first-order valence-electron chi connectivity index (χ1n) is 3.58. The van der Waals surface area contributed by atoms with Crippen molar-refractivity contribution >= 4 is 0 Å². The molecule has 0 aliphatic heterocycles. The van der Waals surface area contributed by atoms with Gasteiger partial charge in [-0.05, 0) is 0 Å². The second-order valence-electron chi connectivity index (χ2n) is 1.96. The summed E-state index contributed by atoms with van der Waals surface area (Å²) in [7, 11) is 0. The Balaban J connectivity index is 0. The van der Waals surface area contributed by atoms with Crippen LogP contribution in [0.3, 0.4) is 0 Å². The summed E-state index contributed by atoms with van der Waals surface area (Å²) in [5, 5.41) is 0. The van der Waals surface area contributed by atoms with Gasteiger partial charge in [0.05, 0.1) is 0 Å². The molecule has 0 aliphatic rings. The summed E-state index contributed by atoms with van der Waals surface area (Å²) in [6.07, 6.45) is 2.64. The molecule has 1 aromatic carbocycles. The van der Waals surface area contributed by atoms with Gasteiger partial charge < -0.3 is 0 Å². The molecule has 0 unspecified atom stereocenters. The van der Waals surface area contributed by atoms with Crippen molar-refractivity contribution in [3.8, 4) is 0 Å². The number of rotatable bonds is 1. The minimum Gasteiger partial charge on any atom is -0.214 e. The van der Waals surface area contributed by atoms with E-state index in [9.17, 15) is 0 Å². The Hall–Kier alpha value is 0.0643. The number of unbranched alkanes of at least 4 members (excludes halogenated alkanes) is 1. The Morgan fingerprint density at radius 2 is 1.40 bits per heavy atom. The van der Waals surface area contributed by atoms with Gasteiger partial charge in [0.2, 0.25) is 0 Å². The van der Waals surface area contributed by atoms with Crippen LogP contribution >= 0.6 is 0 Å². The zero-order valence-corrected chi connectivity index (χ0v) is 8.36. The smallest absolute Gasteiger partial charge is 0 e. The van der Waals surface area contributed by atoms with E-state index in [-0.39, 0.29) is 21.7 Å². The molecule has 0 atom stereocenters. The van der Waals surface area contributed by atoms with Crippen molar-refractivity contribution < 1.29 is 21.7 Å². The molecule has 1 heteroatoms. The standard InChI is InChI=1S/C5H5.C4H10.Ti/c1-2-4-5-3-1;1-3-4-2;/h1-5H;3-4H2,1-2H3;/q-1;;. The van der Waals surface area contributed by atoms with Crippen molar-refractivity contribution in [2.75, 3.05) is 0 Å². The van der Waals surface area contributed by atoms with Crippen LogP contribution in [0, 0.1) is 0 Å². The van der Waals surface area contributed by atoms with Gasteiger partial charge in [-0.1, -0.05) is 26.7 Å². The Morgan fingerprint density at radius 1 is 1.00 bits per heavy atom. The van der Waals surface area contributed by atoms with E-state index in [0.29, 0.717) is 0 Å². The predicted molar refractivity (Wildman–Crippen MR) is 42.6 cm³/mol. The number of hydrogen-bond acceptors (Lipinski definition) is 0. The first-order chi connectivity index (χ1) is 4.41. The minimum absolute atomic E-state index is 0. The fraction of sp³-hybridized carbons (Fsp3) is 0.444. The molecule has 0 amide bonds. The third-order valence-corrected chi connectivity index (χ3v) is 1.06. The van der Waals surface area contributed by atoms with Gasteiger partial charge in [-0.25, -0.2) is 12.1 Å². The molecule has 0 N–H and O–H groups in total. The van der Waals surface area contributed by atoms with Crippen molar-refractivity contribution in [2.24, 2.45) is 0 Å². The topological polar surface area (TPSA) is 0 Å². The maximum Gasteiger partial charge on any atom is 0 e. The Kier molecular flexibility index (Phi) is 15.0. The van der Waals surface area contributed by atoms with Crippen LogP contribution in [0.2, 0.25) is 0 Å². The Morgan fingerprint density at radius 3 is 1.50 bits per heavy atom. The van der Waals surface area contributed by atoms with Crippen LogP contribution in [0.25, 0.3) is 0 Å². The van der Waals surface area contributed by atoms with Crippen LogP contribution in [0.4, 0.5) is 0 Å². The summed E-state index contributed by atoms with van der Waals surface area (Å²) in [4.78, 5) is 0. The van der Waals surface area contributed by atoms with Crippen molar-refractivity contribution in [1.29, 1.82) is 0 Å². The Labute approximate surface area is 78.9 Å². The first kappa shape index (κ1) is 12.7. The summed E-state index contributed by atoms with van der Waals surface area (Å²) in [5.74, 6) is 0. The van der Waals surface area contributed by atoms with Crippen molar-refractivity contribution in [1.82, 2.24) is 0 Å². The second-order valence-corrected chi connectivity index (χ2v) is 1.96. The second kappa shape index (κ2) is 11.8. The van der Waals surface area contributed by atoms with Gasteiger partial charge in [0.1, 0.15) is 0 Å². The van der Waals surface area contributed by atoms with Gasteiger partial charge in [-0.3, -0.25) is 0 Å². The molecule has 0 saturated heterocycles. The molecule has 0 spiro atoms. The van der Waals surface area contributed by atoms with E-state index in [4.69, 9.17) is 0 Å². The molecule has 56 valence electrons. The van der Waals surface area contributed by atoms with Crippen LogP contribution in [0.15, 0.2) is 30.3 Å². The molecule has 0 heterocycles. The van der Waals surface area contributed by atoms with Crippen LogP contribution in [0.5, 0.6) is 0 Å². The predicted octanol–water partition coefficient (Wildman–Crippen LogP) is 3.21. The third-order valence-electron chi connectivity index (χ3n) is 1.06. The third kappa shape index (κ3) is 10.9. The van der Waals surface area contributed by atoms with Crippen LogP contribution in [-0.4, -0.2) is 0 Å². The zero-order valence-electron chi connectivity index (χ0n) is 6.80. The molecule has 0 bridgehead atoms. The molecule has 0 radical (unpaired) electrons. The SMILES string of the molecule is CCCC.[Ti].c1cc[cH-]c1. The zero-order chi connectivity index (χ0) is 6.95. The molecular weight excluding hydrogens is 156 g/mol. The van der Waals surface area contributed by atoms with Crippen LogP contribution in [0.1, 0.15) is 26.7 Å². The van der Waals surface area contributed by atoms with E-state index in [0.717, 1.165) is 0 Å². The summed E-state index contributed by atoms with van der Waals surface area (Å²) < 4.78 is 0. The van der Waals surface area contributed by atoms with Crippen molar-refractivity contribution in [3.63, 3.8) is 0 Å². The van der Waals surface area contributed by atoms with Gasteiger partial charge in [0, 0.05) is 21.7 Å². The Bertz CT molecular complexity index is 80.3. The molecule has 0 fully saturated rings. The average molecular weight is 171 g/mol. The van der Waals surface area contributed by atoms with E-state index >= 15 is 0 Å².